The molecule has 2 heterocycles. The van der Waals surface area contributed by atoms with Crippen LogP contribution in [-0.2, 0) is 0 Å². The first-order valence-corrected chi connectivity index (χ1v) is 6.63. The quantitative estimate of drug-likeness (QED) is 0.694. The Kier molecular flexibility index (Phi) is 2.75. The number of fused-ring (bicyclic) bond motifs is 1. The van der Waals surface area contributed by atoms with Crippen LogP contribution < -0.4 is 10.6 Å². The summed E-state index contributed by atoms with van der Waals surface area (Å²) in [5.41, 5.74) is 0. The highest BCUT2D eigenvalue weighted by molar-refractivity contribution is 5.76. The average molecular weight is 223 g/mol. The number of nitrogens with zero attached hydrogens (tertiary/aromatic N) is 1. The van der Waals surface area contributed by atoms with Gasteiger partial charge in [0.05, 0.1) is 0 Å². The van der Waals surface area contributed by atoms with Gasteiger partial charge in [0.25, 0.3) is 0 Å². The molecule has 2 atom stereocenters. The largest absolute Gasteiger partial charge is 0.338 e. The zero-order valence-corrected chi connectivity index (χ0v) is 9.74. The number of hydrogen-bond acceptors (Lipinski definition) is 2. The molecule has 2 unspecified atom stereocenters. The van der Waals surface area contributed by atoms with Crippen LogP contribution in [0.25, 0.3) is 0 Å². The molecule has 0 aromatic heterocycles. The number of hydrogen-bond donors (Lipinski definition) is 2. The van der Waals surface area contributed by atoms with E-state index in [2.05, 4.69) is 15.5 Å². The number of rotatable bonds is 1. The second kappa shape index (κ2) is 4.24. The molecule has 16 heavy (non-hydrogen) atoms. The molecular formula is C12H21N3O. The fraction of sp³-hybridized carbons (Fsp3) is 0.917. The van der Waals surface area contributed by atoms with Crippen LogP contribution in [-0.4, -0.2) is 42.6 Å². The standard InChI is InChI=1S/C12H21N3O/c16-12-14-8-9-2-1-3-11(9)15(12)10-4-6-13-7-5-10/h9-11,13H,1-8H2,(H,14,16). The monoisotopic (exact) mass is 223 g/mol. The van der Waals surface area contributed by atoms with E-state index in [4.69, 9.17) is 0 Å². The Morgan fingerprint density at radius 3 is 2.75 bits per heavy atom. The Labute approximate surface area is 96.8 Å². The Morgan fingerprint density at radius 1 is 1.12 bits per heavy atom. The van der Waals surface area contributed by atoms with Crippen molar-refractivity contribution in [3.05, 3.63) is 0 Å². The molecule has 0 aromatic carbocycles. The van der Waals surface area contributed by atoms with Crippen LogP contribution in [0.1, 0.15) is 32.1 Å². The molecule has 2 amide bonds. The van der Waals surface area contributed by atoms with Crippen LogP contribution in [0.5, 0.6) is 0 Å². The number of carbonyl (C=O) groups excluding carboxylic acids is 1. The molecule has 1 saturated carbocycles. The number of piperidine rings is 1. The first-order chi connectivity index (χ1) is 7.86. The van der Waals surface area contributed by atoms with Gasteiger partial charge in [-0.25, -0.2) is 4.79 Å². The van der Waals surface area contributed by atoms with E-state index in [0.29, 0.717) is 18.0 Å². The lowest BCUT2D eigenvalue weighted by atomic mass is 9.95. The lowest BCUT2D eigenvalue weighted by Crippen LogP contribution is -2.60. The van der Waals surface area contributed by atoms with E-state index in [1.807, 2.05) is 0 Å². The fourth-order valence-corrected chi connectivity index (χ4v) is 3.60. The second-order valence-electron chi connectivity index (χ2n) is 5.33. The highest BCUT2D eigenvalue weighted by atomic mass is 16.2. The highest BCUT2D eigenvalue weighted by Gasteiger charge is 2.41. The maximum atomic E-state index is 12.0. The molecule has 90 valence electrons. The summed E-state index contributed by atoms with van der Waals surface area (Å²) in [5.74, 6) is 0.715. The minimum atomic E-state index is 0.190. The van der Waals surface area contributed by atoms with E-state index in [1.165, 1.54) is 19.3 Å². The van der Waals surface area contributed by atoms with E-state index in [-0.39, 0.29) is 6.03 Å². The van der Waals surface area contributed by atoms with Crippen LogP contribution in [0.15, 0.2) is 0 Å². The maximum absolute atomic E-state index is 12.0. The van der Waals surface area contributed by atoms with E-state index >= 15 is 0 Å². The summed E-state index contributed by atoms with van der Waals surface area (Å²) in [5, 5.41) is 6.44. The summed E-state index contributed by atoms with van der Waals surface area (Å²) >= 11 is 0. The molecule has 2 aliphatic heterocycles. The molecule has 4 nitrogen and oxygen atoms in total. The smallest absolute Gasteiger partial charge is 0.317 e. The summed E-state index contributed by atoms with van der Waals surface area (Å²) in [7, 11) is 0. The number of amides is 2. The lowest BCUT2D eigenvalue weighted by Gasteiger charge is -2.44. The Bertz CT molecular complexity index is 275. The van der Waals surface area contributed by atoms with Crippen molar-refractivity contribution < 1.29 is 4.79 Å². The molecule has 0 radical (unpaired) electrons. The highest BCUT2D eigenvalue weighted by Crippen LogP contribution is 2.34. The first kappa shape index (κ1) is 10.4. The molecule has 0 bridgehead atoms. The average Bonchev–Trinajstić information content (AvgIpc) is 2.78. The molecule has 3 aliphatic rings. The third kappa shape index (κ3) is 1.69. The van der Waals surface area contributed by atoms with Gasteiger partial charge < -0.3 is 15.5 Å². The summed E-state index contributed by atoms with van der Waals surface area (Å²) in [4.78, 5) is 14.2. The maximum Gasteiger partial charge on any atom is 0.317 e. The first-order valence-electron chi connectivity index (χ1n) is 6.63. The lowest BCUT2D eigenvalue weighted by molar-refractivity contribution is 0.0894. The van der Waals surface area contributed by atoms with Gasteiger partial charge in [-0.3, -0.25) is 0 Å². The fourth-order valence-electron chi connectivity index (χ4n) is 3.60. The van der Waals surface area contributed by atoms with Gasteiger partial charge in [0.2, 0.25) is 0 Å². The second-order valence-corrected chi connectivity index (χ2v) is 5.33. The Morgan fingerprint density at radius 2 is 1.94 bits per heavy atom. The molecule has 0 spiro atoms. The molecule has 2 saturated heterocycles. The molecule has 4 heteroatoms. The van der Waals surface area contributed by atoms with Crippen molar-refractivity contribution in [3.63, 3.8) is 0 Å². The molecule has 1 aliphatic carbocycles. The van der Waals surface area contributed by atoms with Gasteiger partial charge in [0.15, 0.2) is 0 Å². The van der Waals surface area contributed by atoms with Crippen LogP contribution >= 0.6 is 0 Å². The van der Waals surface area contributed by atoms with Crippen molar-refractivity contribution in [2.45, 2.75) is 44.2 Å². The zero-order valence-electron chi connectivity index (χ0n) is 9.74. The van der Waals surface area contributed by atoms with E-state index in [9.17, 15) is 4.79 Å². The van der Waals surface area contributed by atoms with Crippen LogP contribution in [0, 0.1) is 5.92 Å². The SMILES string of the molecule is O=C1NCC2CCCC2N1C1CCNCC1. The van der Waals surface area contributed by atoms with Crippen LogP contribution in [0.2, 0.25) is 0 Å². The molecule has 0 aromatic rings. The van der Waals surface area contributed by atoms with Crippen molar-refractivity contribution in [2.24, 2.45) is 5.92 Å². The third-order valence-corrected chi connectivity index (χ3v) is 4.43. The number of nitrogens with one attached hydrogen (secondary N) is 2. The van der Waals surface area contributed by atoms with Crippen molar-refractivity contribution in [2.75, 3.05) is 19.6 Å². The predicted octanol–water partition coefficient (Wildman–Crippen LogP) is 0.932. The predicted molar refractivity (Wildman–Crippen MR) is 62.3 cm³/mol. The molecule has 3 rings (SSSR count). The normalized spacial score (nSPS) is 36.0. The summed E-state index contributed by atoms with van der Waals surface area (Å²) in [6.45, 7) is 3.03. The van der Waals surface area contributed by atoms with E-state index in [1.54, 1.807) is 0 Å². The number of carbonyl (C=O) groups is 1. The topological polar surface area (TPSA) is 44.4 Å². The Hall–Kier alpha value is -0.770. The van der Waals surface area contributed by atoms with Gasteiger partial charge in [0, 0.05) is 18.6 Å². The molecule has 3 fully saturated rings. The zero-order chi connectivity index (χ0) is 11.0. The van der Waals surface area contributed by atoms with Gasteiger partial charge >= 0.3 is 6.03 Å². The minimum absolute atomic E-state index is 0.190. The third-order valence-electron chi connectivity index (χ3n) is 4.43. The van der Waals surface area contributed by atoms with Crippen molar-refractivity contribution in [1.29, 1.82) is 0 Å². The summed E-state index contributed by atoms with van der Waals surface area (Å²) < 4.78 is 0. The van der Waals surface area contributed by atoms with Crippen molar-refractivity contribution >= 4 is 6.03 Å². The van der Waals surface area contributed by atoms with Crippen LogP contribution in [0.3, 0.4) is 0 Å². The van der Waals surface area contributed by atoms with Gasteiger partial charge in [0.1, 0.15) is 0 Å². The van der Waals surface area contributed by atoms with Gasteiger partial charge in [-0.15, -0.1) is 0 Å². The van der Waals surface area contributed by atoms with Gasteiger partial charge in [-0.1, -0.05) is 6.42 Å². The van der Waals surface area contributed by atoms with Crippen molar-refractivity contribution in [1.82, 2.24) is 15.5 Å². The Balaban J connectivity index is 1.76. The van der Waals surface area contributed by atoms with Crippen molar-refractivity contribution in [3.8, 4) is 0 Å². The van der Waals surface area contributed by atoms with E-state index < -0.39 is 0 Å². The minimum Gasteiger partial charge on any atom is -0.338 e. The van der Waals surface area contributed by atoms with Crippen LogP contribution in [0.4, 0.5) is 4.79 Å². The molecular weight excluding hydrogens is 202 g/mol. The summed E-state index contributed by atoms with van der Waals surface area (Å²) in [6.07, 6.45) is 6.06. The van der Waals surface area contributed by atoms with Gasteiger partial charge in [-0.05, 0) is 44.7 Å². The molecule has 2 N–H and O–H groups in total. The van der Waals surface area contributed by atoms with Gasteiger partial charge in [-0.2, -0.15) is 0 Å². The summed E-state index contributed by atoms with van der Waals surface area (Å²) in [6, 6.07) is 1.21. The number of urea groups is 1. The van der Waals surface area contributed by atoms with E-state index in [0.717, 1.165) is 32.5 Å².